The zero-order valence-corrected chi connectivity index (χ0v) is 11.0. The number of fused-ring (bicyclic) bond motifs is 1. The van der Waals surface area contributed by atoms with Gasteiger partial charge in [-0.3, -0.25) is 0 Å². The van der Waals surface area contributed by atoms with Gasteiger partial charge >= 0.3 is 0 Å². The van der Waals surface area contributed by atoms with Crippen LogP contribution in [0, 0.1) is 0 Å². The van der Waals surface area contributed by atoms with Crippen molar-refractivity contribution in [3.63, 3.8) is 0 Å². The molecule has 0 bridgehead atoms. The van der Waals surface area contributed by atoms with Gasteiger partial charge in [-0.15, -0.1) is 6.58 Å². The molecule has 0 radical (unpaired) electrons. The van der Waals surface area contributed by atoms with Gasteiger partial charge in [0, 0.05) is 30.5 Å². The number of aryl methyl sites for hydroxylation is 1. The van der Waals surface area contributed by atoms with Crippen LogP contribution in [0.2, 0.25) is 0 Å². The van der Waals surface area contributed by atoms with E-state index in [-0.39, 0.29) is 0 Å². The van der Waals surface area contributed by atoms with E-state index in [0.29, 0.717) is 0 Å². The second kappa shape index (κ2) is 6.41. The zero-order valence-electron chi connectivity index (χ0n) is 11.0. The first-order valence-corrected chi connectivity index (χ1v) is 6.67. The van der Waals surface area contributed by atoms with E-state index in [2.05, 4.69) is 31.0 Å². The average Bonchev–Trinajstić information content (AvgIpc) is 2.75. The molecule has 0 spiro atoms. The van der Waals surface area contributed by atoms with Crippen molar-refractivity contribution in [3.05, 3.63) is 48.2 Å². The van der Waals surface area contributed by atoms with Crippen LogP contribution in [0.5, 0.6) is 0 Å². The summed E-state index contributed by atoms with van der Waals surface area (Å²) in [6.07, 6.45) is 5.27. The van der Waals surface area contributed by atoms with E-state index in [1.807, 2.05) is 18.2 Å². The van der Waals surface area contributed by atoms with Crippen molar-refractivity contribution in [1.82, 2.24) is 5.32 Å². The summed E-state index contributed by atoms with van der Waals surface area (Å²) in [6, 6.07) is 8.27. The normalized spacial score (nSPS) is 10.9. The number of hydrogen-bond donors (Lipinski definition) is 1. The maximum absolute atomic E-state index is 5.97. The van der Waals surface area contributed by atoms with E-state index in [9.17, 15) is 0 Å². The predicted octanol–water partition coefficient (Wildman–Crippen LogP) is 4.05. The second-order valence-corrected chi connectivity index (χ2v) is 4.52. The van der Waals surface area contributed by atoms with E-state index < -0.39 is 0 Å². The second-order valence-electron chi connectivity index (χ2n) is 4.52. The molecule has 0 aliphatic rings. The summed E-state index contributed by atoms with van der Waals surface area (Å²) in [5.41, 5.74) is 2.31. The third-order valence-corrected chi connectivity index (χ3v) is 3.13. The number of benzene rings is 1. The number of para-hydroxylation sites is 1. The molecule has 0 unspecified atom stereocenters. The van der Waals surface area contributed by atoms with Gasteiger partial charge in [0.2, 0.25) is 0 Å². The topological polar surface area (TPSA) is 25.2 Å². The van der Waals surface area contributed by atoms with Crippen LogP contribution < -0.4 is 5.32 Å². The van der Waals surface area contributed by atoms with E-state index in [4.69, 9.17) is 4.42 Å². The van der Waals surface area contributed by atoms with Crippen LogP contribution in [0.25, 0.3) is 11.0 Å². The van der Waals surface area contributed by atoms with Crippen LogP contribution in [0.3, 0.4) is 0 Å². The lowest BCUT2D eigenvalue weighted by atomic mass is 10.1. The Kier molecular flexibility index (Phi) is 4.59. The van der Waals surface area contributed by atoms with E-state index in [1.54, 1.807) is 0 Å². The molecule has 0 fully saturated rings. The van der Waals surface area contributed by atoms with Crippen LogP contribution in [-0.4, -0.2) is 6.54 Å². The fraction of sp³-hybridized carbons (Fsp3) is 0.375. The van der Waals surface area contributed by atoms with Gasteiger partial charge < -0.3 is 9.73 Å². The van der Waals surface area contributed by atoms with Crippen molar-refractivity contribution in [3.8, 4) is 0 Å². The van der Waals surface area contributed by atoms with Crippen molar-refractivity contribution in [2.45, 2.75) is 32.7 Å². The highest BCUT2D eigenvalue weighted by molar-refractivity contribution is 5.82. The van der Waals surface area contributed by atoms with Crippen molar-refractivity contribution in [1.29, 1.82) is 0 Å². The molecule has 2 rings (SSSR count). The monoisotopic (exact) mass is 243 g/mol. The predicted molar refractivity (Wildman–Crippen MR) is 76.7 cm³/mol. The lowest BCUT2D eigenvalue weighted by Crippen LogP contribution is -2.13. The van der Waals surface area contributed by atoms with Crippen LogP contribution in [0.4, 0.5) is 0 Å². The SMILES string of the molecule is C=CCNCc1c(CCCC)oc2ccccc12. The summed E-state index contributed by atoms with van der Waals surface area (Å²) in [7, 11) is 0. The molecule has 1 aromatic heterocycles. The average molecular weight is 243 g/mol. The summed E-state index contributed by atoms with van der Waals surface area (Å²) in [5, 5.41) is 4.60. The Balaban J connectivity index is 2.28. The molecule has 0 aliphatic heterocycles. The number of hydrogen-bond acceptors (Lipinski definition) is 2. The fourth-order valence-electron chi connectivity index (χ4n) is 2.18. The molecule has 96 valence electrons. The van der Waals surface area contributed by atoms with Gasteiger partial charge in [-0.05, 0) is 12.5 Å². The molecular weight excluding hydrogens is 222 g/mol. The van der Waals surface area contributed by atoms with E-state index in [1.165, 1.54) is 23.8 Å². The molecule has 1 N–H and O–H groups in total. The Bertz CT molecular complexity index is 513. The lowest BCUT2D eigenvalue weighted by molar-refractivity contribution is 0.526. The number of furan rings is 1. The smallest absolute Gasteiger partial charge is 0.134 e. The van der Waals surface area contributed by atoms with Crippen molar-refractivity contribution >= 4 is 11.0 Å². The van der Waals surface area contributed by atoms with Gasteiger partial charge in [0.05, 0.1) is 0 Å². The zero-order chi connectivity index (χ0) is 12.8. The van der Waals surface area contributed by atoms with Crippen LogP contribution in [-0.2, 0) is 13.0 Å². The molecule has 2 nitrogen and oxygen atoms in total. The summed E-state index contributed by atoms with van der Waals surface area (Å²) in [4.78, 5) is 0. The van der Waals surface area contributed by atoms with Crippen molar-refractivity contribution < 1.29 is 4.42 Å². The highest BCUT2D eigenvalue weighted by Crippen LogP contribution is 2.26. The molecule has 0 aliphatic carbocycles. The summed E-state index contributed by atoms with van der Waals surface area (Å²) >= 11 is 0. The molecule has 0 saturated carbocycles. The van der Waals surface area contributed by atoms with Gasteiger partial charge in [0.25, 0.3) is 0 Å². The van der Waals surface area contributed by atoms with Gasteiger partial charge in [0.1, 0.15) is 11.3 Å². The molecule has 2 aromatic rings. The molecule has 1 aromatic carbocycles. The first kappa shape index (κ1) is 12.9. The van der Waals surface area contributed by atoms with Crippen molar-refractivity contribution in [2.75, 3.05) is 6.54 Å². The van der Waals surface area contributed by atoms with E-state index in [0.717, 1.165) is 30.9 Å². The maximum atomic E-state index is 5.97. The summed E-state index contributed by atoms with van der Waals surface area (Å²) < 4.78 is 5.97. The molecular formula is C16H21NO. The standard InChI is InChI=1S/C16H21NO/c1-3-5-9-16-14(12-17-11-4-2)13-8-6-7-10-15(13)18-16/h4,6-8,10,17H,2-3,5,9,11-12H2,1H3. The third-order valence-electron chi connectivity index (χ3n) is 3.13. The quantitative estimate of drug-likeness (QED) is 0.586. The highest BCUT2D eigenvalue weighted by Gasteiger charge is 2.12. The van der Waals surface area contributed by atoms with Gasteiger partial charge in [0.15, 0.2) is 0 Å². The Morgan fingerprint density at radius 3 is 2.94 bits per heavy atom. The Hall–Kier alpha value is -1.54. The Labute approximate surface area is 109 Å². The van der Waals surface area contributed by atoms with E-state index >= 15 is 0 Å². The first-order chi connectivity index (χ1) is 8.86. The highest BCUT2D eigenvalue weighted by atomic mass is 16.3. The number of unbranched alkanes of at least 4 members (excludes halogenated alkanes) is 1. The van der Waals surface area contributed by atoms with Crippen LogP contribution >= 0.6 is 0 Å². The van der Waals surface area contributed by atoms with Crippen LogP contribution in [0.1, 0.15) is 31.1 Å². The lowest BCUT2D eigenvalue weighted by Gasteiger charge is -2.03. The van der Waals surface area contributed by atoms with Crippen molar-refractivity contribution in [2.24, 2.45) is 0 Å². The van der Waals surface area contributed by atoms with Gasteiger partial charge in [-0.1, -0.05) is 37.6 Å². The minimum absolute atomic E-state index is 0.826. The third kappa shape index (κ3) is 2.82. The molecule has 0 atom stereocenters. The molecule has 0 saturated heterocycles. The summed E-state index contributed by atoms with van der Waals surface area (Å²) in [6.45, 7) is 7.61. The largest absolute Gasteiger partial charge is 0.461 e. The molecule has 1 heterocycles. The number of nitrogens with one attached hydrogen (secondary N) is 1. The maximum Gasteiger partial charge on any atom is 0.134 e. The molecule has 0 amide bonds. The Morgan fingerprint density at radius 2 is 2.17 bits per heavy atom. The first-order valence-electron chi connectivity index (χ1n) is 6.67. The minimum Gasteiger partial charge on any atom is -0.461 e. The van der Waals surface area contributed by atoms with Gasteiger partial charge in [-0.25, -0.2) is 0 Å². The molecule has 18 heavy (non-hydrogen) atoms. The number of rotatable bonds is 7. The van der Waals surface area contributed by atoms with Gasteiger partial charge in [-0.2, -0.15) is 0 Å². The summed E-state index contributed by atoms with van der Waals surface area (Å²) in [5.74, 6) is 1.13. The Morgan fingerprint density at radius 1 is 1.33 bits per heavy atom. The molecule has 2 heteroatoms. The van der Waals surface area contributed by atoms with Crippen LogP contribution in [0.15, 0.2) is 41.3 Å². The minimum atomic E-state index is 0.826. The fourth-order valence-corrected chi connectivity index (χ4v) is 2.18.